The highest BCUT2D eigenvalue weighted by Crippen LogP contribution is 2.23. The zero-order chi connectivity index (χ0) is 12.3. The summed E-state index contributed by atoms with van der Waals surface area (Å²) in [5.74, 6) is 0.294. The molecule has 0 saturated carbocycles. The molecule has 1 heterocycles. The molecule has 0 radical (unpaired) electrons. The highest BCUT2D eigenvalue weighted by molar-refractivity contribution is 14.1. The molecule has 3 nitrogen and oxygen atoms in total. The van der Waals surface area contributed by atoms with E-state index < -0.39 is 0 Å². The third kappa shape index (κ3) is 3.66. The van der Waals surface area contributed by atoms with Crippen LogP contribution in [-0.2, 0) is 4.79 Å². The molecule has 1 amide bonds. The quantitative estimate of drug-likeness (QED) is 0.738. The molecule has 17 heavy (non-hydrogen) atoms. The molecule has 1 aliphatic heterocycles. The summed E-state index contributed by atoms with van der Waals surface area (Å²) in [5, 5.41) is 6.25. The molecule has 2 N–H and O–H groups in total. The van der Waals surface area contributed by atoms with Gasteiger partial charge in [0.25, 0.3) is 0 Å². The van der Waals surface area contributed by atoms with Crippen molar-refractivity contribution >= 4 is 50.1 Å². The Bertz CT molecular complexity index is 419. The van der Waals surface area contributed by atoms with E-state index in [1.165, 1.54) is 0 Å². The number of benzene rings is 1. The van der Waals surface area contributed by atoms with Crippen LogP contribution < -0.4 is 10.6 Å². The molecular weight excluding hydrogens is 395 g/mol. The first-order valence-electron chi connectivity index (χ1n) is 5.63. The Morgan fingerprint density at radius 2 is 2.12 bits per heavy atom. The summed E-state index contributed by atoms with van der Waals surface area (Å²) in [7, 11) is 0. The second-order valence-electron chi connectivity index (χ2n) is 4.14. The number of carbonyl (C=O) groups is 1. The van der Waals surface area contributed by atoms with Gasteiger partial charge in [0.1, 0.15) is 0 Å². The van der Waals surface area contributed by atoms with Gasteiger partial charge in [-0.3, -0.25) is 4.79 Å². The summed E-state index contributed by atoms with van der Waals surface area (Å²) in [6.07, 6.45) is 1.86. The van der Waals surface area contributed by atoms with Crippen LogP contribution in [0.3, 0.4) is 0 Å². The van der Waals surface area contributed by atoms with Crippen LogP contribution >= 0.6 is 38.5 Å². The maximum atomic E-state index is 12.0. The lowest BCUT2D eigenvalue weighted by Crippen LogP contribution is -2.34. The van der Waals surface area contributed by atoms with Crippen molar-refractivity contribution in [1.82, 2.24) is 5.32 Å². The van der Waals surface area contributed by atoms with Gasteiger partial charge >= 0.3 is 0 Å². The van der Waals surface area contributed by atoms with Crippen molar-refractivity contribution in [2.45, 2.75) is 12.8 Å². The van der Waals surface area contributed by atoms with Crippen LogP contribution in [0.15, 0.2) is 22.7 Å². The fraction of sp³-hybridized carbons (Fsp3) is 0.417. The van der Waals surface area contributed by atoms with Gasteiger partial charge in [0.05, 0.1) is 0 Å². The zero-order valence-electron chi connectivity index (χ0n) is 9.30. The Morgan fingerprint density at radius 1 is 1.41 bits per heavy atom. The molecule has 0 unspecified atom stereocenters. The average molecular weight is 409 g/mol. The van der Waals surface area contributed by atoms with E-state index in [0.29, 0.717) is 0 Å². The van der Waals surface area contributed by atoms with Crippen LogP contribution in [-0.4, -0.2) is 19.0 Å². The number of halogens is 2. The molecule has 0 aliphatic carbocycles. The van der Waals surface area contributed by atoms with E-state index in [9.17, 15) is 4.79 Å². The normalized spacial score (nSPS) is 16.8. The minimum absolute atomic E-state index is 0.143. The van der Waals surface area contributed by atoms with Crippen molar-refractivity contribution in [2.24, 2.45) is 5.92 Å². The van der Waals surface area contributed by atoms with Crippen molar-refractivity contribution in [1.29, 1.82) is 0 Å². The average Bonchev–Trinajstić information content (AvgIpc) is 2.35. The van der Waals surface area contributed by atoms with Crippen LogP contribution in [0.1, 0.15) is 12.8 Å². The second kappa shape index (κ2) is 6.15. The Morgan fingerprint density at radius 3 is 2.76 bits per heavy atom. The van der Waals surface area contributed by atoms with Crippen LogP contribution in [0.2, 0.25) is 0 Å². The van der Waals surface area contributed by atoms with Crippen LogP contribution in [0.5, 0.6) is 0 Å². The zero-order valence-corrected chi connectivity index (χ0v) is 13.0. The van der Waals surface area contributed by atoms with E-state index in [-0.39, 0.29) is 11.8 Å². The van der Waals surface area contributed by atoms with Gasteiger partial charge in [-0.25, -0.2) is 0 Å². The molecule has 0 bridgehead atoms. The highest BCUT2D eigenvalue weighted by Gasteiger charge is 2.20. The molecule has 92 valence electrons. The van der Waals surface area contributed by atoms with Gasteiger partial charge in [0.15, 0.2) is 0 Å². The Labute approximate surface area is 123 Å². The van der Waals surface area contributed by atoms with Gasteiger partial charge < -0.3 is 10.6 Å². The molecular formula is C12H14BrIN2O. The Hall–Kier alpha value is -0.140. The van der Waals surface area contributed by atoms with E-state index in [1.54, 1.807) is 0 Å². The van der Waals surface area contributed by atoms with Crippen LogP contribution in [0.4, 0.5) is 5.69 Å². The first-order chi connectivity index (χ1) is 8.16. The Kier molecular flexibility index (Phi) is 4.81. The van der Waals surface area contributed by atoms with E-state index in [0.717, 1.165) is 39.7 Å². The number of hydrogen-bond donors (Lipinski definition) is 2. The number of nitrogens with one attached hydrogen (secondary N) is 2. The lowest BCUT2D eigenvalue weighted by Gasteiger charge is -2.21. The van der Waals surface area contributed by atoms with Crippen molar-refractivity contribution < 1.29 is 4.79 Å². The second-order valence-corrected chi connectivity index (χ2v) is 6.16. The minimum atomic E-state index is 0.143. The van der Waals surface area contributed by atoms with Gasteiger partial charge in [-0.15, -0.1) is 0 Å². The molecule has 1 aromatic carbocycles. The third-order valence-corrected chi connectivity index (χ3v) is 5.22. The summed E-state index contributed by atoms with van der Waals surface area (Å²) in [6, 6.07) is 5.86. The van der Waals surface area contributed by atoms with E-state index in [1.807, 2.05) is 18.2 Å². The molecule has 1 aromatic rings. The molecule has 0 spiro atoms. The van der Waals surface area contributed by atoms with Gasteiger partial charge in [0.2, 0.25) is 5.91 Å². The predicted molar refractivity (Wildman–Crippen MR) is 81.1 cm³/mol. The molecule has 2 rings (SSSR count). The van der Waals surface area contributed by atoms with E-state index in [4.69, 9.17) is 0 Å². The smallest absolute Gasteiger partial charge is 0.227 e. The van der Waals surface area contributed by atoms with Crippen LogP contribution in [0.25, 0.3) is 0 Å². The first-order valence-corrected chi connectivity index (χ1v) is 7.50. The Balaban J connectivity index is 1.99. The van der Waals surface area contributed by atoms with Crippen molar-refractivity contribution in [2.75, 3.05) is 18.4 Å². The number of amides is 1. The largest absolute Gasteiger partial charge is 0.326 e. The molecule has 5 heteroatoms. The molecule has 1 fully saturated rings. The van der Waals surface area contributed by atoms with Crippen molar-refractivity contribution in [3.05, 3.63) is 26.2 Å². The number of rotatable bonds is 2. The SMILES string of the molecule is O=C(Nc1ccc(Br)c(I)c1)C1CCNCC1. The number of anilines is 1. The predicted octanol–water partition coefficient (Wildman–Crippen LogP) is 2.99. The monoisotopic (exact) mass is 408 g/mol. The fourth-order valence-electron chi connectivity index (χ4n) is 1.90. The molecule has 0 aromatic heterocycles. The summed E-state index contributed by atoms with van der Waals surface area (Å²) in [5.41, 5.74) is 0.876. The van der Waals surface area contributed by atoms with E-state index >= 15 is 0 Å². The maximum absolute atomic E-state index is 12.0. The summed E-state index contributed by atoms with van der Waals surface area (Å²) < 4.78 is 2.16. The first kappa shape index (κ1) is 13.3. The number of hydrogen-bond acceptors (Lipinski definition) is 2. The topological polar surface area (TPSA) is 41.1 Å². The van der Waals surface area contributed by atoms with Gasteiger partial charge in [0, 0.05) is 19.6 Å². The number of piperidine rings is 1. The van der Waals surface area contributed by atoms with Gasteiger partial charge in [-0.2, -0.15) is 0 Å². The van der Waals surface area contributed by atoms with Gasteiger partial charge in [-0.05, 0) is 82.7 Å². The fourth-order valence-corrected chi connectivity index (χ4v) is 2.66. The van der Waals surface area contributed by atoms with Crippen molar-refractivity contribution in [3.63, 3.8) is 0 Å². The minimum Gasteiger partial charge on any atom is -0.326 e. The van der Waals surface area contributed by atoms with Gasteiger partial charge in [-0.1, -0.05) is 0 Å². The maximum Gasteiger partial charge on any atom is 0.227 e. The standard InChI is InChI=1S/C12H14BrIN2O/c13-10-2-1-9(7-11(10)14)16-12(17)8-3-5-15-6-4-8/h1-2,7-8,15H,3-6H2,(H,16,17). The summed E-state index contributed by atoms with van der Waals surface area (Å²) >= 11 is 5.69. The third-order valence-electron chi connectivity index (χ3n) is 2.90. The highest BCUT2D eigenvalue weighted by atomic mass is 127. The lowest BCUT2D eigenvalue weighted by atomic mass is 9.97. The molecule has 1 aliphatic rings. The molecule has 1 saturated heterocycles. The van der Waals surface area contributed by atoms with E-state index in [2.05, 4.69) is 49.2 Å². The summed E-state index contributed by atoms with van der Waals surface area (Å²) in [6.45, 7) is 1.88. The van der Waals surface area contributed by atoms with Crippen LogP contribution in [0, 0.1) is 9.49 Å². The molecule has 0 atom stereocenters. The lowest BCUT2D eigenvalue weighted by molar-refractivity contribution is -0.120. The number of carbonyl (C=O) groups excluding carboxylic acids is 1. The summed E-state index contributed by atoms with van der Waals surface area (Å²) in [4.78, 5) is 12.0. The van der Waals surface area contributed by atoms with Crippen molar-refractivity contribution in [3.8, 4) is 0 Å².